The number of nitrogens with two attached hydrogens (primary N) is 1. The maximum Gasteiger partial charge on any atom is 0.433 e. The van der Waals surface area contributed by atoms with E-state index in [-0.39, 0.29) is 46.2 Å². The summed E-state index contributed by atoms with van der Waals surface area (Å²) in [6.07, 6.45) is -8.23. The van der Waals surface area contributed by atoms with Crippen LogP contribution in [0.25, 0.3) is 16.6 Å². The van der Waals surface area contributed by atoms with E-state index in [0.29, 0.717) is 25.3 Å². The molecule has 0 saturated heterocycles. The van der Waals surface area contributed by atoms with Crippen LogP contribution in [0.15, 0.2) is 48.8 Å². The molecule has 246 valence electrons. The lowest BCUT2D eigenvalue weighted by Gasteiger charge is -2.20. The van der Waals surface area contributed by atoms with Gasteiger partial charge in [-0.3, -0.25) is 15.0 Å². The summed E-state index contributed by atoms with van der Waals surface area (Å²) in [5.41, 5.74) is 6.02. The second-order valence-electron chi connectivity index (χ2n) is 9.82. The Hall–Kier alpha value is -4.97. The summed E-state index contributed by atoms with van der Waals surface area (Å²) < 4.78 is 84.7. The first kappa shape index (κ1) is 33.9. The number of carbonyl (C=O) groups is 2. The molecule has 18 heteroatoms. The van der Waals surface area contributed by atoms with E-state index in [9.17, 15) is 35.9 Å². The first-order valence-corrected chi connectivity index (χ1v) is 13.6. The average molecular weight is 654 g/mol. The Morgan fingerprint density at radius 3 is 2.39 bits per heavy atom. The summed E-state index contributed by atoms with van der Waals surface area (Å²) >= 11 is 0. The first-order valence-electron chi connectivity index (χ1n) is 13.6. The Labute approximate surface area is 257 Å². The Bertz CT molecular complexity index is 1690. The number of hydrogen-bond acceptors (Lipinski definition) is 8. The van der Waals surface area contributed by atoms with Gasteiger partial charge < -0.3 is 21.1 Å². The first-order chi connectivity index (χ1) is 21.7. The number of halogens is 6. The van der Waals surface area contributed by atoms with Gasteiger partial charge in [-0.15, -0.1) is 0 Å². The molecule has 0 bridgehead atoms. The van der Waals surface area contributed by atoms with Crippen molar-refractivity contribution in [3.63, 3.8) is 0 Å². The highest BCUT2D eigenvalue weighted by atomic mass is 19.4. The highest BCUT2D eigenvalue weighted by Gasteiger charge is 2.33. The Balaban J connectivity index is 1.71. The van der Waals surface area contributed by atoms with E-state index < -0.39 is 36.5 Å². The van der Waals surface area contributed by atoms with Crippen LogP contribution in [0, 0.1) is 0 Å². The largest absolute Gasteiger partial charge is 0.433 e. The second-order valence-corrected chi connectivity index (χ2v) is 9.82. The van der Waals surface area contributed by atoms with E-state index in [1.165, 1.54) is 42.0 Å². The minimum atomic E-state index is -4.71. The fraction of sp³-hybridized carbons (Fsp3) is 0.321. The quantitative estimate of drug-likeness (QED) is 0.169. The molecule has 0 aliphatic rings. The molecular formula is C28H29F6N9O3. The van der Waals surface area contributed by atoms with Gasteiger partial charge in [0.05, 0.1) is 17.9 Å². The summed E-state index contributed by atoms with van der Waals surface area (Å²) in [4.78, 5) is 35.2. The predicted octanol–water partition coefficient (Wildman–Crippen LogP) is 4.80. The number of anilines is 3. The van der Waals surface area contributed by atoms with Gasteiger partial charge in [0.1, 0.15) is 29.9 Å². The fourth-order valence-corrected chi connectivity index (χ4v) is 4.56. The maximum absolute atomic E-state index is 13.4. The number of ether oxygens (including phenoxy) is 1. The summed E-state index contributed by atoms with van der Waals surface area (Å²) in [5.74, 6) is -1.41. The van der Waals surface area contributed by atoms with Gasteiger partial charge in [0, 0.05) is 31.5 Å². The second kappa shape index (κ2) is 14.0. The molecule has 0 spiro atoms. The van der Waals surface area contributed by atoms with Crippen LogP contribution in [0.2, 0.25) is 0 Å². The third-order valence-electron chi connectivity index (χ3n) is 6.67. The Morgan fingerprint density at radius 2 is 1.76 bits per heavy atom. The van der Waals surface area contributed by atoms with Crippen LogP contribution >= 0.6 is 0 Å². The smallest absolute Gasteiger partial charge is 0.383 e. The highest BCUT2D eigenvalue weighted by Crippen LogP contribution is 2.36. The van der Waals surface area contributed by atoms with Crippen molar-refractivity contribution in [1.29, 1.82) is 0 Å². The molecule has 0 atom stereocenters. The van der Waals surface area contributed by atoms with Crippen molar-refractivity contribution in [2.75, 3.05) is 49.7 Å². The molecule has 1 aromatic carbocycles. The van der Waals surface area contributed by atoms with Crippen molar-refractivity contribution >= 4 is 34.8 Å². The number of fused-ring (bicyclic) bond motifs is 1. The molecule has 46 heavy (non-hydrogen) atoms. The topological polar surface area (TPSA) is 152 Å². The lowest BCUT2D eigenvalue weighted by Crippen LogP contribution is -2.35. The Kier molecular flexibility index (Phi) is 10.3. The van der Waals surface area contributed by atoms with E-state index in [4.69, 9.17) is 10.5 Å². The molecule has 0 unspecified atom stereocenters. The summed E-state index contributed by atoms with van der Waals surface area (Å²) in [7, 11) is 1.52. The fourth-order valence-electron chi connectivity index (χ4n) is 4.56. The lowest BCUT2D eigenvalue weighted by atomic mass is 9.99. The van der Waals surface area contributed by atoms with E-state index >= 15 is 0 Å². The van der Waals surface area contributed by atoms with Crippen molar-refractivity contribution < 1.29 is 40.7 Å². The molecule has 4 aromatic rings. The van der Waals surface area contributed by atoms with Crippen LogP contribution in [0.3, 0.4) is 0 Å². The van der Waals surface area contributed by atoms with Crippen molar-refractivity contribution in [2.24, 2.45) is 0 Å². The number of likely N-dealkylation sites (N-methyl/N-ethyl adjacent to an activating group) is 1. The van der Waals surface area contributed by atoms with Gasteiger partial charge in [-0.25, -0.2) is 19.3 Å². The molecule has 0 fully saturated rings. The zero-order valence-electron chi connectivity index (χ0n) is 24.5. The van der Waals surface area contributed by atoms with Crippen LogP contribution in [-0.4, -0.2) is 75.9 Å². The standard InChI is InChI=1S/C28H29F6N9O3/c1-3-42(11-12-46-2)13-18-22(25(44)36-14-27(29,30)31)21(23-24(35)37-15-38-43(18)23)16-7-9-17(10-8-16)39-26(45)41-20-6-4-5-19(40-20)28(32,33)34/h4-10,15H,3,11-14H2,1-2H3,(H,36,44)(H2,35,37,38)(H2,39,40,41,45). The van der Waals surface area contributed by atoms with Crippen LogP contribution in [0.4, 0.5) is 48.5 Å². The number of rotatable bonds is 11. The minimum Gasteiger partial charge on any atom is -0.383 e. The molecule has 5 N–H and O–H groups in total. The molecule has 0 aliphatic carbocycles. The number of alkyl halides is 6. The summed E-state index contributed by atoms with van der Waals surface area (Å²) in [6.45, 7) is 1.67. The van der Waals surface area contributed by atoms with E-state index in [0.717, 1.165) is 18.5 Å². The van der Waals surface area contributed by atoms with Gasteiger partial charge in [-0.2, -0.15) is 31.4 Å². The SMILES string of the molecule is CCN(CCOC)Cc1c(C(=O)NCC(F)(F)F)c(-c2ccc(NC(=O)Nc3cccc(C(F)(F)F)n3)cc2)c2c(N)ncnn12. The van der Waals surface area contributed by atoms with Crippen molar-refractivity contribution in [3.8, 4) is 11.1 Å². The summed E-state index contributed by atoms with van der Waals surface area (Å²) in [6, 6.07) is 7.94. The average Bonchev–Trinajstić information content (AvgIpc) is 3.32. The van der Waals surface area contributed by atoms with Crippen LogP contribution in [0.5, 0.6) is 0 Å². The molecule has 3 amide bonds. The molecule has 0 saturated carbocycles. The number of benzene rings is 1. The van der Waals surface area contributed by atoms with Crippen molar-refractivity contribution in [2.45, 2.75) is 25.8 Å². The summed E-state index contributed by atoms with van der Waals surface area (Å²) in [5, 5.41) is 10.9. The van der Waals surface area contributed by atoms with Crippen LogP contribution in [-0.2, 0) is 17.5 Å². The number of nitrogen functional groups attached to an aromatic ring is 1. The molecule has 12 nitrogen and oxygen atoms in total. The molecule has 0 radical (unpaired) electrons. The number of pyridine rings is 1. The number of hydrogen-bond donors (Lipinski definition) is 4. The monoisotopic (exact) mass is 653 g/mol. The van der Waals surface area contributed by atoms with Gasteiger partial charge in [0.15, 0.2) is 5.82 Å². The van der Waals surface area contributed by atoms with E-state index in [1.807, 2.05) is 17.1 Å². The van der Waals surface area contributed by atoms with Gasteiger partial charge in [-0.05, 0) is 36.4 Å². The van der Waals surface area contributed by atoms with Gasteiger partial charge >= 0.3 is 18.4 Å². The van der Waals surface area contributed by atoms with Crippen molar-refractivity contribution in [3.05, 3.63) is 65.7 Å². The Morgan fingerprint density at radius 1 is 1.04 bits per heavy atom. The zero-order valence-corrected chi connectivity index (χ0v) is 24.5. The predicted molar refractivity (Wildman–Crippen MR) is 156 cm³/mol. The molecule has 3 heterocycles. The molecule has 0 aliphatic heterocycles. The lowest BCUT2D eigenvalue weighted by molar-refractivity contribution is -0.141. The van der Waals surface area contributed by atoms with Crippen LogP contribution < -0.4 is 21.7 Å². The van der Waals surface area contributed by atoms with Crippen LogP contribution in [0.1, 0.15) is 28.7 Å². The number of nitrogens with zero attached hydrogens (tertiary/aromatic N) is 5. The number of urea groups is 1. The molecule has 3 aromatic heterocycles. The van der Waals surface area contributed by atoms with Gasteiger partial charge in [0.25, 0.3) is 5.91 Å². The minimum absolute atomic E-state index is 0.0452. The number of carbonyl (C=O) groups excluding carboxylic acids is 2. The third-order valence-corrected chi connectivity index (χ3v) is 6.67. The number of aromatic nitrogens is 4. The molecular weight excluding hydrogens is 624 g/mol. The zero-order chi connectivity index (χ0) is 33.6. The van der Waals surface area contributed by atoms with Gasteiger partial charge in [-0.1, -0.05) is 25.1 Å². The van der Waals surface area contributed by atoms with E-state index in [2.05, 4.69) is 25.7 Å². The highest BCUT2D eigenvalue weighted by molar-refractivity contribution is 6.08. The van der Waals surface area contributed by atoms with Crippen molar-refractivity contribution in [1.82, 2.24) is 29.8 Å². The third kappa shape index (κ3) is 8.19. The van der Waals surface area contributed by atoms with E-state index in [1.54, 1.807) is 0 Å². The number of amides is 3. The normalized spacial score (nSPS) is 12.0. The molecule has 4 rings (SSSR count). The number of nitrogens with one attached hydrogen (secondary N) is 3. The number of methoxy groups -OCH3 is 1. The van der Waals surface area contributed by atoms with Gasteiger partial charge in [0.2, 0.25) is 0 Å². The maximum atomic E-state index is 13.4.